The van der Waals surface area contributed by atoms with E-state index < -0.39 is 40.2 Å². The van der Waals surface area contributed by atoms with Crippen LogP contribution in [-0.4, -0.2) is 44.3 Å². The Morgan fingerprint density at radius 3 is 2.05 bits per heavy atom. The van der Waals surface area contributed by atoms with Crippen LogP contribution in [0.3, 0.4) is 0 Å². The Balaban J connectivity index is 1.82. The first kappa shape index (κ1) is 32.4. The van der Waals surface area contributed by atoms with Crippen molar-refractivity contribution in [2.75, 3.05) is 17.4 Å². The molecule has 4 rings (SSSR count). The van der Waals surface area contributed by atoms with E-state index in [4.69, 9.17) is 0 Å². The summed E-state index contributed by atoms with van der Waals surface area (Å²) in [6.45, 7) is 5.19. The first-order chi connectivity index (χ1) is 21.1. The highest BCUT2D eigenvalue weighted by Gasteiger charge is 2.35. The van der Waals surface area contributed by atoms with E-state index in [1.807, 2.05) is 57.2 Å². The summed E-state index contributed by atoms with van der Waals surface area (Å²) in [4.78, 5) is 29.4. The number of hydrogen-bond donors (Lipinski definition) is 1. The third-order valence-electron chi connectivity index (χ3n) is 7.22. The normalized spacial score (nSPS) is 11.9. The van der Waals surface area contributed by atoms with Gasteiger partial charge in [-0.2, -0.15) is 0 Å². The lowest BCUT2D eigenvalue weighted by Crippen LogP contribution is -2.53. The van der Waals surface area contributed by atoms with Gasteiger partial charge < -0.3 is 10.2 Å². The first-order valence-corrected chi connectivity index (χ1v) is 16.0. The van der Waals surface area contributed by atoms with Crippen LogP contribution in [0.15, 0.2) is 108 Å². The van der Waals surface area contributed by atoms with Crippen molar-refractivity contribution >= 4 is 27.5 Å². The summed E-state index contributed by atoms with van der Waals surface area (Å²) in [7, 11) is -4.21. The van der Waals surface area contributed by atoms with Gasteiger partial charge in [-0.05, 0) is 67.3 Å². The largest absolute Gasteiger partial charge is 0.354 e. The zero-order valence-electron chi connectivity index (χ0n) is 25.2. The number of aryl methyl sites for hydroxylation is 2. The van der Waals surface area contributed by atoms with Crippen LogP contribution < -0.4 is 9.62 Å². The van der Waals surface area contributed by atoms with Crippen LogP contribution in [0.1, 0.15) is 35.6 Å². The van der Waals surface area contributed by atoms with Crippen molar-refractivity contribution in [3.8, 4) is 0 Å². The third-order valence-corrected chi connectivity index (χ3v) is 9.01. The average Bonchev–Trinajstić information content (AvgIpc) is 3.01. The van der Waals surface area contributed by atoms with Crippen molar-refractivity contribution < 1.29 is 22.4 Å². The van der Waals surface area contributed by atoms with Crippen LogP contribution in [0.5, 0.6) is 0 Å². The molecule has 0 heterocycles. The van der Waals surface area contributed by atoms with Gasteiger partial charge in [0.25, 0.3) is 10.0 Å². The van der Waals surface area contributed by atoms with Gasteiger partial charge in [-0.1, -0.05) is 79.7 Å². The Hall–Kier alpha value is -4.50. The summed E-state index contributed by atoms with van der Waals surface area (Å²) >= 11 is 0. The molecule has 0 aromatic heterocycles. The molecule has 0 saturated heterocycles. The summed E-state index contributed by atoms with van der Waals surface area (Å²) in [5.41, 5.74) is 2.99. The van der Waals surface area contributed by atoms with Gasteiger partial charge in [-0.25, -0.2) is 12.8 Å². The maximum Gasteiger partial charge on any atom is 0.264 e. The Kier molecular flexibility index (Phi) is 10.9. The van der Waals surface area contributed by atoms with Gasteiger partial charge in [0.05, 0.1) is 10.6 Å². The highest BCUT2D eigenvalue weighted by Crippen LogP contribution is 2.27. The van der Waals surface area contributed by atoms with Gasteiger partial charge >= 0.3 is 0 Å². The molecule has 0 unspecified atom stereocenters. The lowest BCUT2D eigenvalue weighted by molar-refractivity contribution is -0.140. The number of hydrogen-bond acceptors (Lipinski definition) is 4. The number of benzene rings is 4. The SMILES string of the molecule is CCCNC(=O)[C@H](Cc1ccccc1)N(Cc1ccccc1F)C(=O)CN(c1cc(C)cc(C)c1)S(=O)(=O)c1ccccc1. The molecule has 7 nitrogen and oxygen atoms in total. The van der Waals surface area contributed by atoms with E-state index in [1.54, 1.807) is 48.5 Å². The second-order valence-electron chi connectivity index (χ2n) is 10.8. The van der Waals surface area contributed by atoms with Crippen LogP contribution in [0.4, 0.5) is 10.1 Å². The zero-order chi connectivity index (χ0) is 31.7. The molecule has 9 heteroatoms. The minimum absolute atomic E-state index is 0.0223. The molecule has 1 N–H and O–H groups in total. The van der Waals surface area contributed by atoms with Gasteiger partial charge in [0, 0.05) is 25.1 Å². The fourth-order valence-electron chi connectivity index (χ4n) is 5.07. The van der Waals surface area contributed by atoms with E-state index in [0.29, 0.717) is 18.7 Å². The van der Waals surface area contributed by atoms with Gasteiger partial charge in [0.2, 0.25) is 11.8 Å². The molecule has 0 spiro atoms. The fraction of sp³-hybridized carbons (Fsp3) is 0.257. The smallest absolute Gasteiger partial charge is 0.264 e. The molecule has 44 heavy (non-hydrogen) atoms. The lowest BCUT2D eigenvalue weighted by Gasteiger charge is -2.34. The molecular formula is C35H38FN3O4S. The van der Waals surface area contributed by atoms with Gasteiger partial charge in [-0.3, -0.25) is 13.9 Å². The van der Waals surface area contributed by atoms with Crippen molar-refractivity contribution in [3.05, 3.63) is 131 Å². The van der Waals surface area contributed by atoms with Gasteiger partial charge in [-0.15, -0.1) is 0 Å². The minimum Gasteiger partial charge on any atom is -0.354 e. The average molecular weight is 616 g/mol. The molecule has 0 fully saturated rings. The molecule has 0 aliphatic carbocycles. The standard InChI is InChI=1S/C35H38FN3O4S/c1-4-19-37-35(41)33(23-28-13-7-5-8-14-28)38(24-29-15-11-12-18-32(29)36)34(40)25-39(30-21-26(2)20-27(3)22-30)44(42,43)31-16-9-6-10-17-31/h5-18,20-22,33H,4,19,23-25H2,1-3H3,(H,37,41)/t33-/m0/s1. The molecule has 0 aliphatic rings. The number of amides is 2. The maximum atomic E-state index is 15.0. The summed E-state index contributed by atoms with van der Waals surface area (Å²) in [6, 6.07) is 27.5. The number of anilines is 1. The van der Waals surface area contributed by atoms with Crippen molar-refractivity contribution in [3.63, 3.8) is 0 Å². The van der Waals surface area contributed by atoms with Crippen LogP contribution in [0, 0.1) is 19.7 Å². The highest BCUT2D eigenvalue weighted by atomic mass is 32.2. The Labute approximate surface area is 259 Å². The third kappa shape index (κ3) is 8.11. The number of carbonyl (C=O) groups excluding carboxylic acids is 2. The van der Waals surface area contributed by atoms with E-state index in [9.17, 15) is 22.4 Å². The molecule has 230 valence electrons. The number of rotatable bonds is 13. The van der Waals surface area contributed by atoms with Crippen LogP contribution in [-0.2, 0) is 32.6 Å². The van der Waals surface area contributed by atoms with Crippen molar-refractivity contribution in [1.29, 1.82) is 0 Å². The van der Waals surface area contributed by atoms with Crippen molar-refractivity contribution in [1.82, 2.24) is 10.2 Å². The van der Waals surface area contributed by atoms with Crippen LogP contribution in [0.25, 0.3) is 0 Å². The molecule has 0 radical (unpaired) electrons. The first-order valence-electron chi connectivity index (χ1n) is 14.6. The second kappa shape index (κ2) is 14.8. The van der Waals surface area contributed by atoms with E-state index in [2.05, 4.69) is 5.32 Å². The molecule has 0 saturated carbocycles. The molecule has 2 amide bonds. The van der Waals surface area contributed by atoms with E-state index in [0.717, 1.165) is 21.0 Å². The summed E-state index contributed by atoms with van der Waals surface area (Å²) < 4.78 is 44.2. The second-order valence-corrected chi connectivity index (χ2v) is 12.6. The predicted molar refractivity (Wildman–Crippen MR) is 171 cm³/mol. The number of halogens is 1. The number of nitrogens with zero attached hydrogens (tertiary/aromatic N) is 2. The lowest BCUT2D eigenvalue weighted by atomic mass is 10.0. The molecule has 0 aliphatic heterocycles. The summed E-state index contributed by atoms with van der Waals surface area (Å²) in [6.07, 6.45) is 0.840. The monoisotopic (exact) mass is 615 g/mol. The maximum absolute atomic E-state index is 15.0. The Bertz CT molecular complexity index is 1660. The molecule has 0 bridgehead atoms. The molecule has 1 atom stereocenters. The number of sulfonamides is 1. The van der Waals surface area contributed by atoms with E-state index in [1.165, 1.54) is 23.1 Å². The van der Waals surface area contributed by atoms with E-state index in [-0.39, 0.29) is 23.4 Å². The molecular weight excluding hydrogens is 577 g/mol. The van der Waals surface area contributed by atoms with Gasteiger partial charge in [0.15, 0.2) is 0 Å². The van der Waals surface area contributed by atoms with Crippen molar-refractivity contribution in [2.24, 2.45) is 0 Å². The van der Waals surface area contributed by atoms with Gasteiger partial charge in [0.1, 0.15) is 18.4 Å². The molecule has 4 aromatic carbocycles. The predicted octanol–water partition coefficient (Wildman–Crippen LogP) is 5.80. The Morgan fingerprint density at radius 1 is 0.841 bits per heavy atom. The zero-order valence-corrected chi connectivity index (χ0v) is 26.1. The fourth-order valence-corrected chi connectivity index (χ4v) is 6.49. The summed E-state index contributed by atoms with van der Waals surface area (Å²) in [5.74, 6) is -1.57. The highest BCUT2D eigenvalue weighted by molar-refractivity contribution is 7.92. The minimum atomic E-state index is -4.21. The quantitative estimate of drug-likeness (QED) is 0.206. The summed E-state index contributed by atoms with van der Waals surface area (Å²) in [5, 5.41) is 2.89. The number of nitrogens with one attached hydrogen (secondary N) is 1. The molecule has 4 aromatic rings. The van der Waals surface area contributed by atoms with E-state index >= 15 is 0 Å². The number of carbonyl (C=O) groups is 2. The Morgan fingerprint density at radius 2 is 1.43 bits per heavy atom. The van der Waals surface area contributed by atoms with Crippen LogP contribution >= 0.6 is 0 Å². The van der Waals surface area contributed by atoms with Crippen molar-refractivity contribution in [2.45, 2.75) is 51.1 Å². The van der Waals surface area contributed by atoms with Crippen LogP contribution in [0.2, 0.25) is 0 Å². The topological polar surface area (TPSA) is 86.8 Å².